The number of nitrogens with two attached hydrogens (primary N) is 1. The number of imidazole rings is 2. The highest BCUT2D eigenvalue weighted by Crippen LogP contribution is 2.30. The van der Waals surface area contributed by atoms with Crippen LogP contribution in [0.5, 0.6) is 0 Å². The maximum absolute atomic E-state index is 12.0. The molecular formula is C16H19N9O5. The zero-order valence-corrected chi connectivity index (χ0v) is 15.7. The summed E-state index contributed by atoms with van der Waals surface area (Å²) in [5.41, 5.74) is 7.02. The molecule has 1 saturated heterocycles. The van der Waals surface area contributed by atoms with Crippen LogP contribution in [0.15, 0.2) is 30.0 Å². The Kier molecular flexibility index (Phi) is 5.13. The third-order valence-electron chi connectivity index (χ3n) is 4.73. The number of ether oxygens (including phenoxy) is 1. The Labute approximate surface area is 167 Å². The van der Waals surface area contributed by atoms with Gasteiger partial charge in [0.1, 0.15) is 30.2 Å². The predicted octanol–water partition coefficient (Wildman–Crippen LogP) is -2.32. The third-order valence-corrected chi connectivity index (χ3v) is 4.73. The average molecular weight is 417 g/mol. The predicted molar refractivity (Wildman–Crippen MR) is 102 cm³/mol. The molecule has 0 bridgehead atoms. The molecule has 4 atom stereocenters. The Morgan fingerprint density at radius 2 is 2.07 bits per heavy atom. The van der Waals surface area contributed by atoms with Crippen molar-refractivity contribution in [3.05, 3.63) is 35.5 Å². The molecule has 14 heteroatoms. The molecule has 0 saturated carbocycles. The number of hydrogen-bond donors (Lipinski definition) is 5. The van der Waals surface area contributed by atoms with E-state index < -0.39 is 36.7 Å². The van der Waals surface area contributed by atoms with Crippen molar-refractivity contribution in [3.8, 4) is 0 Å². The number of nitrogen functional groups attached to an aromatic ring is 1. The van der Waals surface area contributed by atoms with Crippen molar-refractivity contribution >= 4 is 28.3 Å². The zero-order valence-electron chi connectivity index (χ0n) is 15.7. The van der Waals surface area contributed by atoms with Gasteiger partial charge in [0, 0.05) is 7.05 Å². The molecule has 0 radical (unpaired) electrons. The Morgan fingerprint density at radius 3 is 2.77 bits per heavy atom. The first-order chi connectivity index (χ1) is 14.4. The van der Waals surface area contributed by atoms with Gasteiger partial charge in [-0.15, -0.1) is 0 Å². The molecule has 158 valence electrons. The molecule has 0 unspecified atom stereocenters. The van der Waals surface area contributed by atoms with Crippen LogP contribution in [-0.2, 0) is 11.8 Å². The molecule has 4 aromatic rings. The van der Waals surface area contributed by atoms with Crippen LogP contribution in [0, 0.1) is 0 Å². The number of aliphatic hydroxyl groups is 3. The van der Waals surface area contributed by atoms with Gasteiger partial charge in [0.2, 0.25) is 5.95 Å². The molecule has 4 aromatic heterocycles. The van der Waals surface area contributed by atoms with Gasteiger partial charge in [0.15, 0.2) is 23.0 Å². The van der Waals surface area contributed by atoms with E-state index in [0.717, 1.165) is 10.1 Å². The van der Waals surface area contributed by atoms with E-state index in [4.69, 9.17) is 15.6 Å². The van der Waals surface area contributed by atoms with Crippen LogP contribution in [-0.4, -0.2) is 79.3 Å². The molecule has 5 rings (SSSR count). The number of aromatic amines is 1. The Hall–Kier alpha value is -3.46. The lowest BCUT2D eigenvalue weighted by molar-refractivity contribution is -0.0511. The van der Waals surface area contributed by atoms with Crippen molar-refractivity contribution in [2.75, 3.05) is 12.3 Å². The summed E-state index contributed by atoms with van der Waals surface area (Å²) in [6.45, 7) is -0.446. The van der Waals surface area contributed by atoms with Gasteiger partial charge in [0.25, 0.3) is 5.56 Å². The number of nitrogens with zero attached hydrogens (tertiary/aromatic N) is 7. The number of aliphatic hydroxyl groups excluding tert-OH is 3. The van der Waals surface area contributed by atoms with E-state index in [-0.39, 0.29) is 17.1 Å². The van der Waals surface area contributed by atoms with Crippen LogP contribution >= 0.6 is 0 Å². The first kappa shape index (κ1) is 19.8. The normalized spacial score (nSPS) is 23.6. The van der Waals surface area contributed by atoms with Crippen molar-refractivity contribution in [3.63, 3.8) is 0 Å². The van der Waals surface area contributed by atoms with Crippen LogP contribution in [0.25, 0.3) is 22.3 Å². The summed E-state index contributed by atoms with van der Waals surface area (Å²) < 4.78 is 7.85. The Balaban J connectivity index is 0.000000200. The van der Waals surface area contributed by atoms with Crippen molar-refractivity contribution in [1.29, 1.82) is 0 Å². The van der Waals surface area contributed by atoms with Gasteiger partial charge in [-0.3, -0.25) is 13.9 Å². The molecule has 0 aromatic carbocycles. The molecule has 5 heterocycles. The van der Waals surface area contributed by atoms with E-state index in [1.54, 1.807) is 12.5 Å². The molecule has 0 aliphatic carbocycles. The fraction of sp³-hybridized carbons (Fsp3) is 0.375. The molecule has 30 heavy (non-hydrogen) atoms. The zero-order chi connectivity index (χ0) is 21.4. The number of fused-ring (bicyclic) bond motifs is 2. The van der Waals surface area contributed by atoms with Gasteiger partial charge in [0.05, 0.1) is 25.5 Å². The molecule has 6 N–H and O–H groups in total. The van der Waals surface area contributed by atoms with E-state index in [0.29, 0.717) is 5.65 Å². The quantitative estimate of drug-likeness (QED) is 0.234. The van der Waals surface area contributed by atoms with Crippen molar-refractivity contribution in [2.45, 2.75) is 24.5 Å². The highest BCUT2D eigenvalue weighted by Gasteiger charge is 2.44. The highest BCUT2D eigenvalue weighted by atomic mass is 16.6. The Morgan fingerprint density at radius 1 is 1.27 bits per heavy atom. The van der Waals surface area contributed by atoms with Gasteiger partial charge in [-0.05, 0) is 0 Å². The average Bonchev–Trinajstić information content (AvgIpc) is 3.45. The van der Waals surface area contributed by atoms with Gasteiger partial charge in [-0.2, -0.15) is 4.98 Å². The summed E-state index contributed by atoms with van der Waals surface area (Å²) in [6, 6.07) is 0. The molecule has 0 amide bonds. The van der Waals surface area contributed by atoms with Gasteiger partial charge >= 0.3 is 0 Å². The van der Waals surface area contributed by atoms with Crippen LogP contribution in [0.2, 0.25) is 0 Å². The Bertz CT molecular complexity index is 1200. The second-order valence-electron chi connectivity index (χ2n) is 6.55. The van der Waals surface area contributed by atoms with E-state index >= 15 is 0 Å². The second kappa shape index (κ2) is 7.75. The van der Waals surface area contributed by atoms with E-state index in [2.05, 4.69) is 29.9 Å². The fourth-order valence-electron chi connectivity index (χ4n) is 3.05. The first-order valence-corrected chi connectivity index (χ1v) is 8.83. The van der Waals surface area contributed by atoms with Crippen LogP contribution in [0.1, 0.15) is 6.23 Å². The monoisotopic (exact) mass is 417 g/mol. The number of hydrogen-bond acceptors (Lipinski definition) is 11. The second-order valence-corrected chi connectivity index (χ2v) is 6.55. The molecule has 14 nitrogen and oxygen atoms in total. The SMILES string of the molecule is Cn1c(N)nc2c(ncn2[C@@H]2O[C@H](CO)[C@@H](O)[C@H]2O)c1=O.c1ncc2[nH]cnc2n1. The highest BCUT2D eigenvalue weighted by molar-refractivity contribution is 5.71. The minimum absolute atomic E-state index is 0.0130. The van der Waals surface area contributed by atoms with Crippen molar-refractivity contribution in [1.82, 2.24) is 39.0 Å². The lowest BCUT2D eigenvalue weighted by Crippen LogP contribution is -2.33. The lowest BCUT2D eigenvalue weighted by Gasteiger charge is -2.16. The summed E-state index contributed by atoms with van der Waals surface area (Å²) in [7, 11) is 1.47. The molecule has 1 aliphatic heterocycles. The van der Waals surface area contributed by atoms with Crippen LogP contribution < -0.4 is 11.3 Å². The van der Waals surface area contributed by atoms with E-state index in [1.165, 1.54) is 24.3 Å². The minimum Gasteiger partial charge on any atom is -0.394 e. The standard InChI is InChI=1S/C11H15N5O5.C5H4N4/c1-15-9(20)5-8(14-11(15)12)16(3-13-5)10-7(19)6(18)4(2-17)21-10;1-4-5(8-2-6-1)9-3-7-4/h3-4,6-7,10,17-19H,2H2,1H3,(H2,12,14);1-3H,(H,6,7,8,9)/t4-,6-,7-,10-;/m1./s1. The molecule has 0 spiro atoms. The van der Waals surface area contributed by atoms with Crippen molar-refractivity contribution in [2.24, 2.45) is 7.05 Å². The summed E-state index contributed by atoms with van der Waals surface area (Å²) >= 11 is 0. The van der Waals surface area contributed by atoms with Crippen LogP contribution in [0.3, 0.4) is 0 Å². The summed E-state index contributed by atoms with van der Waals surface area (Å²) in [6.07, 6.45) is 1.57. The van der Waals surface area contributed by atoms with Gasteiger partial charge in [-0.25, -0.2) is 19.9 Å². The first-order valence-electron chi connectivity index (χ1n) is 8.83. The summed E-state index contributed by atoms with van der Waals surface area (Å²) in [4.78, 5) is 34.5. The minimum atomic E-state index is -1.29. The fourth-order valence-corrected chi connectivity index (χ4v) is 3.05. The smallest absolute Gasteiger partial charge is 0.282 e. The number of rotatable bonds is 2. The van der Waals surface area contributed by atoms with E-state index in [1.807, 2.05) is 0 Å². The summed E-state index contributed by atoms with van der Waals surface area (Å²) in [5.74, 6) is -0.0130. The van der Waals surface area contributed by atoms with Crippen LogP contribution in [0.4, 0.5) is 5.95 Å². The number of nitrogens with one attached hydrogen (secondary N) is 1. The van der Waals surface area contributed by atoms with E-state index in [9.17, 15) is 15.0 Å². The number of aromatic nitrogens is 8. The van der Waals surface area contributed by atoms with Gasteiger partial charge in [-0.1, -0.05) is 0 Å². The molecule has 1 aliphatic rings. The lowest BCUT2D eigenvalue weighted by atomic mass is 10.1. The van der Waals surface area contributed by atoms with Gasteiger partial charge < -0.3 is 30.8 Å². The molecule has 1 fully saturated rings. The van der Waals surface area contributed by atoms with Crippen molar-refractivity contribution < 1.29 is 20.1 Å². The maximum Gasteiger partial charge on any atom is 0.282 e. The maximum atomic E-state index is 12.0. The third kappa shape index (κ3) is 3.26. The summed E-state index contributed by atoms with van der Waals surface area (Å²) in [5, 5.41) is 28.9. The number of anilines is 1. The number of H-pyrrole nitrogens is 1. The largest absolute Gasteiger partial charge is 0.394 e. The molecular weight excluding hydrogens is 398 g/mol. The topological polar surface area (TPSA) is 203 Å².